The molecular weight excluding hydrogens is 372 g/mol. The molecule has 0 atom stereocenters. The number of aromatic nitrogens is 1. The number of aryl methyl sites for hydroxylation is 1. The number of rotatable bonds is 7. The Morgan fingerprint density at radius 3 is 2.66 bits per heavy atom. The minimum atomic E-state index is -0.447. The molecule has 0 aliphatic rings. The average molecular weight is 392 g/mol. The summed E-state index contributed by atoms with van der Waals surface area (Å²) >= 11 is 0. The summed E-state index contributed by atoms with van der Waals surface area (Å²) in [7, 11) is 0. The number of nitro benzene ring substituents is 1. The Morgan fingerprint density at radius 2 is 1.93 bits per heavy atom. The second kappa shape index (κ2) is 8.83. The summed E-state index contributed by atoms with van der Waals surface area (Å²) < 4.78 is 7.34. The standard InChI is InChI=1S/C21H20N4O4/c1-15-5-3-7-20(16(15)2)29-14-21(26)23-22-13-19-6-4-12-24(19)17-8-10-18(11-9-17)25(27)28/h3-13H,14H2,1-2H3,(H,23,26)/b22-13+. The van der Waals surface area contributed by atoms with Crippen LogP contribution in [0.25, 0.3) is 5.69 Å². The first-order chi connectivity index (χ1) is 14.0. The Kier molecular flexibility index (Phi) is 6.03. The van der Waals surface area contributed by atoms with E-state index in [4.69, 9.17) is 4.74 Å². The van der Waals surface area contributed by atoms with E-state index in [0.29, 0.717) is 11.4 Å². The van der Waals surface area contributed by atoms with Gasteiger partial charge >= 0.3 is 0 Å². The average Bonchev–Trinajstić information content (AvgIpc) is 3.17. The number of ether oxygens (including phenoxy) is 1. The van der Waals surface area contributed by atoms with Gasteiger partial charge in [-0.25, -0.2) is 5.43 Å². The zero-order chi connectivity index (χ0) is 20.8. The van der Waals surface area contributed by atoms with Gasteiger partial charge in [0.05, 0.1) is 16.8 Å². The van der Waals surface area contributed by atoms with E-state index in [9.17, 15) is 14.9 Å². The fourth-order valence-electron chi connectivity index (χ4n) is 2.70. The number of benzene rings is 2. The van der Waals surface area contributed by atoms with Gasteiger partial charge in [0, 0.05) is 24.0 Å². The molecule has 1 aromatic heterocycles. The highest BCUT2D eigenvalue weighted by atomic mass is 16.6. The molecule has 3 aromatic rings. The van der Waals surface area contributed by atoms with Crippen LogP contribution in [0.2, 0.25) is 0 Å². The predicted molar refractivity (Wildman–Crippen MR) is 110 cm³/mol. The molecule has 0 unspecified atom stereocenters. The van der Waals surface area contributed by atoms with Gasteiger partial charge in [-0.15, -0.1) is 0 Å². The molecule has 1 heterocycles. The third-order valence-corrected chi connectivity index (χ3v) is 4.42. The molecule has 1 amide bonds. The molecule has 2 aromatic carbocycles. The highest BCUT2D eigenvalue weighted by Crippen LogP contribution is 2.20. The Bertz CT molecular complexity index is 1050. The Morgan fingerprint density at radius 1 is 1.17 bits per heavy atom. The molecule has 0 radical (unpaired) electrons. The maximum atomic E-state index is 12.0. The van der Waals surface area contributed by atoms with Crippen LogP contribution in [0.5, 0.6) is 5.75 Å². The number of amides is 1. The lowest BCUT2D eigenvalue weighted by molar-refractivity contribution is -0.384. The van der Waals surface area contributed by atoms with Crippen molar-refractivity contribution in [2.45, 2.75) is 13.8 Å². The molecule has 0 fully saturated rings. The van der Waals surface area contributed by atoms with Gasteiger partial charge < -0.3 is 9.30 Å². The van der Waals surface area contributed by atoms with Crippen molar-refractivity contribution in [1.29, 1.82) is 0 Å². The number of nitrogens with zero attached hydrogens (tertiary/aromatic N) is 3. The van der Waals surface area contributed by atoms with Gasteiger partial charge in [0.1, 0.15) is 5.75 Å². The van der Waals surface area contributed by atoms with E-state index in [1.165, 1.54) is 18.3 Å². The third-order valence-electron chi connectivity index (χ3n) is 4.42. The number of non-ortho nitro benzene ring substituents is 1. The molecule has 0 saturated heterocycles. The molecular formula is C21H20N4O4. The van der Waals surface area contributed by atoms with E-state index in [-0.39, 0.29) is 18.2 Å². The number of hydrogen-bond donors (Lipinski definition) is 1. The molecule has 0 saturated carbocycles. The number of nitrogens with one attached hydrogen (secondary N) is 1. The first kappa shape index (κ1) is 19.8. The van der Waals surface area contributed by atoms with Crippen molar-refractivity contribution in [3.05, 3.63) is 87.7 Å². The number of nitro groups is 1. The second-order valence-electron chi connectivity index (χ2n) is 6.36. The summed E-state index contributed by atoms with van der Waals surface area (Å²) in [5.74, 6) is 0.284. The zero-order valence-electron chi connectivity index (χ0n) is 16.0. The maximum absolute atomic E-state index is 12.0. The molecule has 3 rings (SSSR count). The monoisotopic (exact) mass is 392 g/mol. The van der Waals surface area contributed by atoms with Crippen LogP contribution in [0.4, 0.5) is 5.69 Å². The molecule has 8 heteroatoms. The van der Waals surface area contributed by atoms with Gasteiger partial charge in [0.15, 0.2) is 6.61 Å². The van der Waals surface area contributed by atoms with Gasteiger partial charge in [-0.05, 0) is 55.3 Å². The quantitative estimate of drug-likeness (QED) is 0.378. The van der Waals surface area contributed by atoms with Gasteiger partial charge in [0.25, 0.3) is 11.6 Å². The lowest BCUT2D eigenvalue weighted by Crippen LogP contribution is -2.25. The topological polar surface area (TPSA) is 98.8 Å². The summed E-state index contributed by atoms with van der Waals surface area (Å²) in [4.78, 5) is 22.3. The fraction of sp³-hybridized carbons (Fsp3) is 0.143. The van der Waals surface area contributed by atoms with Gasteiger partial charge in [-0.3, -0.25) is 14.9 Å². The van der Waals surface area contributed by atoms with Crippen LogP contribution < -0.4 is 10.2 Å². The van der Waals surface area contributed by atoms with Crippen molar-refractivity contribution in [2.24, 2.45) is 5.10 Å². The number of carbonyl (C=O) groups excluding carboxylic acids is 1. The summed E-state index contributed by atoms with van der Waals surface area (Å²) in [6.07, 6.45) is 3.30. The van der Waals surface area contributed by atoms with Crippen molar-refractivity contribution >= 4 is 17.8 Å². The maximum Gasteiger partial charge on any atom is 0.277 e. The van der Waals surface area contributed by atoms with Crippen molar-refractivity contribution in [2.75, 3.05) is 6.61 Å². The summed E-state index contributed by atoms with van der Waals surface area (Å²) in [5, 5.41) is 14.7. The Hall–Kier alpha value is -3.94. The van der Waals surface area contributed by atoms with E-state index in [0.717, 1.165) is 16.8 Å². The predicted octanol–water partition coefficient (Wildman–Crippen LogP) is 3.53. The molecule has 0 aliphatic carbocycles. The highest BCUT2D eigenvalue weighted by molar-refractivity contribution is 5.82. The molecule has 1 N–H and O–H groups in total. The van der Waals surface area contributed by atoms with E-state index in [2.05, 4.69) is 10.5 Å². The van der Waals surface area contributed by atoms with Crippen LogP contribution in [-0.4, -0.2) is 28.2 Å². The minimum absolute atomic E-state index is 0.0206. The molecule has 8 nitrogen and oxygen atoms in total. The van der Waals surface area contributed by atoms with Crippen LogP contribution in [0, 0.1) is 24.0 Å². The van der Waals surface area contributed by atoms with Gasteiger partial charge in [0.2, 0.25) is 0 Å². The smallest absolute Gasteiger partial charge is 0.277 e. The largest absolute Gasteiger partial charge is 0.483 e. The van der Waals surface area contributed by atoms with Crippen LogP contribution in [-0.2, 0) is 4.79 Å². The van der Waals surface area contributed by atoms with Gasteiger partial charge in [-0.2, -0.15) is 5.10 Å². The van der Waals surface area contributed by atoms with Crippen LogP contribution in [0.1, 0.15) is 16.8 Å². The Labute approximate surface area is 167 Å². The number of hydrogen-bond acceptors (Lipinski definition) is 5. The SMILES string of the molecule is Cc1cccc(OCC(=O)N/N=C/c2cccn2-c2ccc([N+](=O)[O-])cc2)c1C. The number of hydrazone groups is 1. The summed E-state index contributed by atoms with van der Waals surface area (Å²) in [5.41, 5.74) is 5.98. The lowest BCUT2D eigenvalue weighted by Gasteiger charge is -2.09. The van der Waals surface area contributed by atoms with Crippen molar-refractivity contribution in [3.8, 4) is 11.4 Å². The van der Waals surface area contributed by atoms with Crippen molar-refractivity contribution in [3.63, 3.8) is 0 Å². The molecule has 148 valence electrons. The Balaban J connectivity index is 1.59. The minimum Gasteiger partial charge on any atom is -0.483 e. The first-order valence-electron chi connectivity index (χ1n) is 8.89. The molecule has 29 heavy (non-hydrogen) atoms. The summed E-state index contributed by atoms with van der Waals surface area (Å²) in [6.45, 7) is 3.77. The zero-order valence-corrected chi connectivity index (χ0v) is 16.0. The molecule has 0 spiro atoms. The van der Waals surface area contributed by atoms with Crippen molar-refractivity contribution in [1.82, 2.24) is 9.99 Å². The first-order valence-corrected chi connectivity index (χ1v) is 8.89. The van der Waals surface area contributed by atoms with E-state index >= 15 is 0 Å². The normalized spacial score (nSPS) is 10.8. The lowest BCUT2D eigenvalue weighted by atomic mass is 10.1. The van der Waals surface area contributed by atoms with E-state index < -0.39 is 4.92 Å². The number of carbonyl (C=O) groups is 1. The van der Waals surface area contributed by atoms with Crippen LogP contribution in [0.15, 0.2) is 65.9 Å². The van der Waals surface area contributed by atoms with Crippen molar-refractivity contribution < 1.29 is 14.5 Å². The molecule has 0 aliphatic heterocycles. The molecule has 0 bridgehead atoms. The third kappa shape index (κ3) is 4.86. The van der Waals surface area contributed by atoms with Gasteiger partial charge in [-0.1, -0.05) is 12.1 Å². The summed E-state index contributed by atoms with van der Waals surface area (Å²) in [6, 6.07) is 15.4. The second-order valence-corrected chi connectivity index (χ2v) is 6.36. The highest BCUT2D eigenvalue weighted by Gasteiger charge is 2.07. The van der Waals surface area contributed by atoms with E-state index in [1.54, 1.807) is 22.9 Å². The van der Waals surface area contributed by atoms with Crippen LogP contribution in [0.3, 0.4) is 0 Å². The van der Waals surface area contributed by atoms with Crippen LogP contribution >= 0.6 is 0 Å². The van der Waals surface area contributed by atoms with E-state index in [1.807, 2.05) is 44.2 Å². The fourth-order valence-corrected chi connectivity index (χ4v) is 2.70.